The maximum atomic E-state index is 12.9. The second-order valence-electron chi connectivity index (χ2n) is 8.50. The van der Waals surface area contributed by atoms with E-state index in [1.54, 1.807) is 17.9 Å². The fourth-order valence-corrected chi connectivity index (χ4v) is 4.46. The van der Waals surface area contributed by atoms with E-state index in [9.17, 15) is 9.59 Å². The van der Waals surface area contributed by atoms with Crippen molar-refractivity contribution in [3.63, 3.8) is 0 Å². The van der Waals surface area contributed by atoms with Crippen LogP contribution < -0.4 is 10.3 Å². The van der Waals surface area contributed by atoms with Gasteiger partial charge in [-0.3, -0.25) is 14.3 Å². The predicted octanol–water partition coefficient (Wildman–Crippen LogP) is 3.45. The molecule has 7 nitrogen and oxygen atoms in total. The van der Waals surface area contributed by atoms with Gasteiger partial charge in [-0.15, -0.1) is 0 Å². The number of anilines is 1. The van der Waals surface area contributed by atoms with E-state index in [2.05, 4.69) is 34.3 Å². The molecule has 1 amide bonds. The fourth-order valence-electron chi connectivity index (χ4n) is 4.46. The highest BCUT2D eigenvalue weighted by Crippen LogP contribution is 2.22. The number of fused-ring (bicyclic) bond motifs is 1. The van der Waals surface area contributed by atoms with Crippen LogP contribution in [0.3, 0.4) is 0 Å². The lowest BCUT2D eigenvalue weighted by atomic mass is 10.1. The van der Waals surface area contributed by atoms with Gasteiger partial charge < -0.3 is 14.5 Å². The van der Waals surface area contributed by atoms with Crippen LogP contribution in [0.2, 0.25) is 0 Å². The molecule has 3 aromatic rings. The summed E-state index contributed by atoms with van der Waals surface area (Å²) in [5.41, 5.74) is 2.99. The van der Waals surface area contributed by atoms with Gasteiger partial charge in [0.15, 0.2) is 0 Å². The van der Waals surface area contributed by atoms with E-state index < -0.39 is 0 Å². The Morgan fingerprint density at radius 3 is 2.55 bits per heavy atom. The van der Waals surface area contributed by atoms with Crippen molar-refractivity contribution in [1.82, 2.24) is 14.7 Å². The Labute approximate surface area is 194 Å². The van der Waals surface area contributed by atoms with Crippen molar-refractivity contribution in [1.29, 1.82) is 0 Å². The number of carbonyl (C=O) groups is 1. The zero-order chi connectivity index (χ0) is 23.2. The molecule has 4 rings (SSSR count). The zero-order valence-electron chi connectivity index (χ0n) is 19.4. The Bertz CT molecular complexity index is 1130. The summed E-state index contributed by atoms with van der Waals surface area (Å²) >= 11 is 0. The summed E-state index contributed by atoms with van der Waals surface area (Å²) in [5.74, 6) is 0.0767. The largest absolute Gasteiger partial charge is 0.381 e. The lowest BCUT2D eigenvalue weighted by Gasteiger charge is -2.33. The Hall–Kier alpha value is -3.19. The molecule has 2 aromatic carbocycles. The molecule has 1 aliphatic rings. The zero-order valence-corrected chi connectivity index (χ0v) is 19.4. The number of carbonyl (C=O) groups excluding carboxylic acids is 1. The van der Waals surface area contributed by atoms with Gasteiger partial charge in [0.2, 0.25) is 11.3 Å². The quantitative estimate of drug-likeness (QED) is 0.528. The third-order valence-corrected chi connectivity index (χ3v) is 6.48. The molecule has 1 aromatic heterocycles. The number of amides is 1. The molecule has 0 aliphatic carbocycles. The van der Waals surface area contributed by atoms with Crippen LogP contribution in [0.25, 0.3) is 10.9 Å². The molecular weight excluding hydrogens is 416 g/mol. The van der Waals surface area contributed by atoms with E-state index >= 15 is 0 Å². The number of rotatable bonds is 8. The molecule has 1 aliphatic heterocycles. The molecule has 0 atom stereocenters. The van der Waals surface area contributed by atoms with Crippen LogP contribution in [-0.4, -0.2) is 53.4 Å². The number of methoxy groups -OCH3 is 1. The highest BCUT2D eigenvalue weighted by Gasteiger charge is 2.19. The van der Waals surface area contributed by atoms with Gasteiger partial charge in [0.05, 0.1) is 24.4 Å². The van der Waals surface area contributed by atoms with Crippen molar-refractivity contribution >= 4 is 22.5 Å². The minimum Gasteiger partial charge on any atom is -0.381 e. The third kappa shape index (κ3) is 5.42. The van der Waals surface area contributed by atoms with Gasteiger partial charge in [0.1, 0.15) is 0 Å². The van der Waals surface area contributed by atoms with Gasteiger partial charge in [-0.05, 0) is 49.6 Å². The van der Waals surface area contributed by atoms with Crippen molar-refractivity contribution in [2.75, 3.05) is 31.6 Å². The second-order valence-corrected chi connectivity index (χ2v) is 8.50. The smallest absolute Gasteiger partial charge is 0.224 e. The SMILES string of the molecule is CCN(Cc1ccc(N2CCC(OC)CC2)cc1)C(=O)CCn1ncc(=O)c2ccccc21. The number of aryl methyl sites for hydroxylation is 1. The molecule has 174 valence electrons. The van der Waals surface area contributed by atoms with Crippen LogP contribution in [0.15, 0.2) is 59.5 Å². The van der Waals surface area contributed by atoms with Crippen molar-refractivity contribution in [2.24, 2.45) is 0 Å². The average molecular weight is 449 g/mol. The van der Waals surface area contributed by atoms with Crippen LogP contribution in [0, 0.1) is 0 Å². The highest BCUT2D eigenvalue weighted by molar-refractivity contribution is 5.79. The monoisotopic (exact) mass is 448 g/mol. The summed E-state index contributed by atoms with van der Waals surface area (Å²) in [6.45, 7) is 5.67. The molecule has 0 unspecified atom stereocenters. The van der Waals surface area contributed by atoms with E-state index in [0.29, 0.717) is 37.5 Å². The third-order valence-electron chi connectivity index (χ3n) is 6.48. The van der Waals surface area contributed by atoms with Crippen LogP contribution in [0.5, 0.6) is 0 Å². The number of piperidine rings is 1. The van der Waals surface area contributed by atoms with E-state index in [1.807, 2.05) is 30.0 Å². The first-order valence-corrected chi connectivity index (χ1v) is 11.7. The summed E-state index contributed by atoms with van der Waals surface area (Å²) in [7, 11) is 1.79. The number of ether oxygens (including phenoxy) is 1. The normalized spacial score (nSPS) is 14.5. The predicted molar refractivity (Wildman–Crippen MR) is 130 cm³/mol. The van der Waals surface area contributed by atoms with Crippen molar-refractivity contribution < 1.29 is 9.53 Å². The molecule has 0 saturated carbocycles. The Kier molecular flexibility index (Phi) is 7.40. The van der Waals surface area contributed by atoms with Crippen molar-refractivity contribution in [3.05, 3.63) is 70.5 Å². The van der Waals surface area contributed by atoms with Gasteiger partial charge in [-0.2, -0.15) is 5.10 Å². The first kappa shape index (κ1) is 23.0. The maximum absolute atomic E-state index is 12.9. The van der Waals surface area contributed by atoms with Gasteiger partial charge in [-0.25, -0.2) is 0 Å². The topological polar surface area (TPSA) is 67.7 Å². The van der Waals surface area contributed by atoms with E-state index in [4.69, 9.17) is 4.74 Å². The molecule has 1 saturated heterocycles. The molecule has 0 radical (unpaired) electrons. The molecule has 7 heteroatoms. The number of aromatic nitrogens is 2. The average Bonchev–Trinajstić information content (AvgIpc) is 2.87. The van der Waals surface area contributed by atoms with Crippen molar-refractivity contribution in [3.8, 4) is 0 Å². The van der Waals surface area contributed by atoms with E-state index in [-0.39, 0.29) is 11.3 Å². The molecule has 1 fully saturated rings. The molecule has 0 spiro atoms. The first-order valence-electron chi connectivity index (χ1n) is 11.7. The Balaban J connectivity index is 1.36. The summed E-state index contributed by atoms with van der Waals surface area (Å²) < 4.78 is 7.20. The number of nitrogens with zero attached hydrogens (tertiary/aromatic N) is 4. The minimum absolute atomic E-state index is 0.0767. The summed E-state index contributed by atoms with van der Waals surface area (Å²) in [4.78, 5) is 29.2. The second kappa shape index (κ2) is 10.6. The van der Waals surface area contributed by atoms with Crippen LogP contribution in [0.1, 0.15) is 31.7 Å². The minimum atomic E-state index is -0.102. The lowest BCUT2D eigenvalue weighted by Crippen LogP contribution is -2.36. The van der Waals surface area contributed by atoms with E-state index in [0.717, 1.165) is 37.0 Å². The van der Waals surface area contributed by atoms with Gasteiger partial charge >= 0.3 is 0 Å². The highest BCUT2D eigenvalue weighted by atomic mass is 16.5. The fraction of sp³-hybridized carbons (Fsp3) is 0.423. The summed E-state index contributed by atoms with van der Waals surface area (Å²) in [6, 6.07) is 15.9. The number of para-hydroxylation sites is 1. The summed E-state index contributed by atoms with van der Waals surface area (Å²) in [5, 5.41) is 4.86. The van der Waals surface area contributed by atoms with Gasteiger partial charge in [-0.1, -0.05) is 24.3 Å². The van der Waals surface area contributed by atoms with Gasteiger partial charge in [0.25, 0.3) is 0 Å². The molecule has 2 heterocycles. The maximum Gasteiger partial charge on any atom is 0.224 e. The molecule has 33 heavy (non-hydrogen) atoms. The van der Waals surface area contributed by atoms with Gasteiger partial charge in [0, 0.05) is 50.8 Å². The Morgan fingerprint density at radius 2 is 1.85 bits per heavy atom. The molecule has 0 N–H and O–H groups in total. The summed E-state index contributed by atoms with van der Waals surface area (Å²) in [6.07, 6.45) is 4.13. The number of benzene rings is 2. The van der Waals surface area contributed by atoms with E-state index in [1.165, 1.54) is 11.9 Å². The van der Waals surface area contributed by atoms with Crippen LogP contribution in [0.4, 0.5) is 5.69 Å². The Morgan fingerprint density at radius 1 is 1.12 bits per heavy atom. The van der Waals surface area contributed by atoms with Crippen molar-refractivity contribution in [2.45, 2.75) is 45.4 Å². The molecular formula is C26H32N4O3. The first-order chi connectivity index (χ1) is 16.1. The van der Waals surface area contributed by atoms with Crippen LogP contribution in [-0.2, 0) is 22.6 Å². The lowest BCUT2D eigenvalue weighted by molar-refractivity contribution is -0.131. The molecule has 0 bridgehead atoms. The number of hydrogen-bond acceptors (Lipinski definition) is 5. The number of hydrogen-bond donors (Lipinski definition) is 0. The van der Waals surface area contributed by atoms with Crippen LogP contribution >= 0.6 is 0 Å². The standard InChI is InChI=1S/C26H32N4O3/c1-3-28(19-20-8-10-21(11-9-20)29-15-12-22(33-2)13-16-29)26(32)14-17-30-24-7-5-4-6-23(24)25(31)18-27-30/h4-11,18,22H,3,12-17,19H2,1-2H3.